The Bertz CT molecular complexity index is 537. The van der Waals surface area contributed by atoms with E-state index in [9.17, 15) is 0 Å². The molecular weight excluding hydrogens is 338 g/mol. The van der Waals surface area contributed by atoms with Gasteiger partial charge in [-0.2, -0.15) is 0 Å². The molecule has 2 rings (SSSR count). The Hall–Kier alpha value is -0.160. The van der Waals surface area contributed by atoms with Crippen LogP contribution in [0.25, 0.3) is 0 Å². The molecule has 1 nitrogen and oxygen atoms in total. The predicted molar refractivity (Wildman–Crippen MR) is 90.7 cm³/mol. The number of rotatable bonds is 5. The molecule has 2 heterocycles. The molecule has 1 N–H and O–H groups in total. The average molecular weight is 358 g/mol. The van der Waals surface area contributed by atoms with Crippen LogP contribution in [0.4, 0.5) is 0 Å². The summed E-state index contributed by atoms with van der Waals surface area (Å²) in [6, 6.07) is 4.96. The van der Waals surface area contributed by atoms with Crippen molar-refractivity contribution < 1.29 is 0 Å². The first kappa shape index (κ1) is 15.2. The summed E-state index contributed by atoms with van der Waals surface area (Å²) >= 11 is 7.38. The molecule has 1 unspecified atom stereocenters. The molecule has 19 heavy (non-hydrogen) atoms. The highest BCUT2D eigenvalue weighted by atomic mass is 79.9. The van der Waals surface area contributed by atoms with Gasteiger partial charge in [-0.15, -0.1) is 22.7 Å². The van der Waals surface area contributed by atoms with E-state index in [4.69, 9.17) is 0 Å². The number of nitrogens with one attached hydrogen (secondary N) is 1. The molecule has 0 bridgehead atoms. The molecule has 0 saturated carbocycles. The van der Waals surface area contributed by atoms with E-state index in [1.54, 1.807) is 0 Å². The van der Waals surface area contributed by atoms with E-state index in [1.807, 2.05) is 22.7 Å². The Morgan fingerprint density at radius 1 is 1.21 bits per heavy atom. The topological polar surface area (TPSA) is 12.0 Å². The van der Waals surface area contributed by atoms with E-state index >= 15 is 0 Å². The van der Waals surface area contributed by atoms with Gasteiger partial charge in [-0.25, -0.2) is 0 Å². The molecule has 2 aromatic heterocycles. The largest absolute Gasteiger partial charge is 0.306 e. The van der Waals surface area contributed by atoms with Gasteiger partial charge < -0.3 is 5.32 Å². The zero-order chi connectivity index (χ0) is 14.0. The minimum atomic E-state index is 0.333. The highest BCUT2D eigenvalue weighted by Crippen LogP contribution is 2.37. The third-order valence-corrected chi connectivity index (χ3v) is 6.33. The van der Waals surface area contributed by atoms with Gasteiger partial charge in [-0.1, -0.05) is 6.92 Å². The predicted octanol–water partition coefficient (Wildman–Crippen LogP) is 5.59. The van der Waals surface area contributed by atoms with Crippen molar-refractivity contribution in [2.24, 2.45) is 0 Å². The monoisotopic (exact) mass is 357 g/mol. The zero-order valence-corrected chi connectivity index (χ0v) is 15.1. The fourth-order valence-electron chi connectivity index (χ4n) is 2.22. The summed E-state index contributed by atoms with van der Waals surface area (Å²) in [5.41, 5.74) is 2.76. The fraction of sp³-hybridized carbons (Fsp3) is 0.467. The zero-order valence-electron chi connectivity index (χ0n) is 11.8. The average Bonchev–Trinajstić information content (AvgIpc) is 2.84. The van der Waals surface area contributed by atoms with Crippen molar-refractivity contribution in [3.8, 4) is 0 Å². The van der Waals surface area contributed by atoms with E-state index in [0.717, 1.165) is 13.0 Å². The lowest BCUT2D eigenvalue weighted by atomic mass is 10.1. The third-order valence-electron chi connectivity index (χ3n) is 3.15. The number of hydrogen-bond donors (Lipinski definition) is 1. The smallest absolute Gasteiger partial charge is 0.0731 e. The number of halogens is 1. The molecule has 0 aromatic carbocycles. The maximum absolute atomic E-state index is 3.69. The van der Waals surface area contributed by atoms with Crippen LogP contribution in [0.2, 0.25) is 0 Å². The van der Waals surface area contributed by atoms with Crippen molar-refractivity contribution in [1.29, 1.82) is 0 Å². The Morgan fingerprint density at radius 2 is 1.95 bits per heavy atom. The molecule has 0 fully saturated rings. The summed E-state index contributed by atoms with van der Waals surface area (Å²) in [5.74, 6) is 0. The molecular formula is C15H20BrNS2. The molecule has 104 valence electrons. The lowest BCUT2D eigenvalue weighted by Crippen LogP contribution is -2.22. The van der Waals surface area contributed by atoms with Gasteiger partial charge >= 0.3 is 0 Å². The molecule has 0 radical (unpaired) electrons. The molecule has 0 saturated heterocycles. The molecule has 4 heteroatoms. The lowest BCUT2D eigenvalue weighted by Gasteiger charge is -2.17. The van der Waals surface area contributed by atoms with Crippen molar-refractivity contribution in [1.82, 2.24) is 5.32 Å². The molecule has 0 aliphatic heterocycles. The molecule has 0 amide bonds. The first-order chi connectivity index (χ1) is 9.02. The highest BCUT2D eigenvalue weighted by Gasteiger charge is 2.20. The highest BCUT2D eigenvalue weighted by molar-refractivity contribution is 9.11. The quantitative estimate of drug-likeness (QED) is 0.735. The minimum Gasteiger partial charge on any atom is -0.306 e. The molecule has 0 aliphatic rings. The van der Waals surface area contributed by atoms with Crippen LogP contribution in [-0.2, 0) is 0 Å². The Balaban J connectivity index is 2.38. The van der Waals surface area contributed by atoms with Crippen molar-refractivity contribution in [2.75, 3.05) is 6.54 Å². The van der Waals surface area contributed by atoms with E-state index in [0.29, 0.717) is 6.04 Å². The van der Waals surface area contributed by atoms with Crippen LogP contribution in [-0.4, -0.2) is 6.54 Å². The van der Waals surface area contributed by atoms with Crippen LogP contribution in [0.15, 0.2) is 15.9 Å². The van der Waals surface area contributed by atoms with E-state index < -0.39 is 0 Å². The van der Waals surface area contributed by atoms with Gasteiger partial charge in [0.05, 0.1) is 9.83 Å². The van der Waals surface area contributed by atoms with E-state index in [-0.39, 0.29) is 0 Å². The second-order valence-corrected chi connectivity index (χ2v) is 8.72. The second-order valence-electron chi connectivity index (χ2n) is 4.86. The Labute approximate surface area is 132 Å². The third kappa shape index (κ3) is 3.48. The van der Waals surface area contributed by atoms with Crippen LogP contribution < -0.4 is 5.32 Å². The van der Waals surface area contributed by atoms with E-state index in [2.05, 4.69) is 61.1 Å². The van der Waals surface area contributed by atoms with Crippen LogP contribution in [0.5, 0.6) is 0 Å². The first-order valence-electron chi connectivity index (χ1n) is 6.59. The van der Waals surface area contributed by atoms with Crippen LogP contribution >= 0.6 is 38.6 Å². The van der Waals surface area contributed by atoms with Crippen molar-refractivity contribution in [2.45, 2.75) is 40.2 Å². The number of aryl methyl sites for hydroxylation is 3. The minimum absolute atomic E-state index is 0.333. The summed E-state index contributed by atoms with van der Waals surface area (Å²) in [4.78, 5) is 4.22. The van der Waals surface area contributed by atoms with Crippen molar-refractivity contribution in [3.63, 3.8) is 0 Å². The van der Waals surface area contributed by atoms with Gasteiger partial charge in [-0.3, -0.25) is 0 Å². The maximum atomic E-state index is 3.69. The number of hydrogen-bond acceptors (Lipinski definition) is 3. The molecule has 0 spiro atoms. The summed E-state index contributed by atoms with van der Waals surface area (Å²) in [6.07, 6.45) is 1.16. The SMILES string of the molecule is CCCNC(c1cc(C)c(Br)s1)c1cc(C)sc1C. The number of thiophene rings is 2. The van der Waals surface area contributed by atoms with Gasteiger partial charge in [0.2, 0.25) is 0 Å². The lowest BCUT2D eigenvalue weighted by molar-refractivity contribution is 0.605. The van der Waals surface area contributed by atoms with Gasteiger partial charge in [0.1, 0.15) is 0 Å². The van der Waals surface area contributed by atoms with Gasteiger partial charge in [0.15, 0.2) is 0 Å². The van der Waals surface area contributed by atoms with Crippen molar-refractivity contribution >= 4 is 38.6 Å². The fourth-order valence-corrected chi connectivity index (χ4v) is 4.84. The van der Waals surface area contributed by atoms with E-state index in [1.165, 1.54) is 29.5 Å². The van der Waals surface area contributed by atoms with Crippen molar-refractivity contribution in [3.05, 3.63) is 41.7 Å². The first-order valence-corrected chi connectivity index (χ1v) is 9.01. The van der Waals surface area contributed by atoms with Crippen LogP contribution in [0, 0.1) is 20.8 Å². The van der Waals surface area contributed by atoms with Gasteiger partial charge in [0, 0.05) is 14.6 Å². The summed E-state index contributed by atoms with van der Waals surface area (Å²) < 4.78 is 1.25. The van der Waals surface area contributed by atoms with Gasteiger partial charge in [0.25, 0.3) is 0 Å². The summed E-state index contributed by atoms with van der Waals surface area (Å²) in [7, 11) is 0. The van der Waals surface area contributed by atoms with Crippen LogP contribution in [0.3, 0.4) is 0 Å². The normalized spacial score (nSPS) is 12.9. The Morgan fingerprint density at radius 3 is 2.42 bits per heavy atom. The maximum Gasteiger partial charge on any atom is 0.0731 e. The molecule has 0 aliphatic carbocycles. The Kier molecular flexibility index (Phi) is 5.23. The van der Waals surface area contributed by atoms with Gasteiger partial charge in [-0.05, 0) is 72.9 Å². The summed E-state index contributed by atoms with van der Waals surface area (Å²) in [6.45, 7) is 9.84. The van der Waals surface area contributed by atoms with Crippen LogP contribution in [0.1, 0.15) is 45.1 Å². The molecule has 2 aromatic rings. The second kappa shape index (κ2) is 6.53. The summed E-state index contributed by atoms with van der Waals surface area (Å²) in [5, 5.41) is 3.69. The molecule has 1 atom stereocenters. The standard InChI is InChI=1S/C15H20BrNS2/c1-5-6-17-14(12-8-10(3)18-11(12)4)13-7-9(2)15(16)19-13/h7-8,14,17H,5-6H2,1-4H3.